The lowest BCUT2D eigenvalue weighted by molar-refractivity contribution is 0.0786. The number of hydrogen-bond acceptors (Lipinski definition) is 2. The number of carbonyl (C=O) groups is 1. The first kappa shape index (κ1) is 16.8. The van der Waals surface area contributed by atoms with Crippen LogP contribution in [0.5, 0.6) is 0 Å². The first-order chi connectivity index (χ1) is 11.5. The topological polar surface area (TPSA) is 37.3 Å². The van der Waals surface area contributed by atoms with E-state index in [4.69, 9.17) is 0 Å². The molecular formula is C20H27N3O. The number of aryl methyl sites for hydroxylation is 2. The van der Waals surface area contributed by atoms with Crippen LogP contribution in [-0.2, 0) is 0 Å². The molecule has 0 saturated carbocycles. The van der Waals surface area contributed by atoms with Crippen LogP contribution in [-0.4, -0.2) is 42.1 Å². The molecule has 1 aromatic heterocycles. The van der Waals surface area contributed by atoms with Crippen molar-refractivity contribution in [2.75, 3.05) is 26.7 Å². The summed E-state index contributed by atoms with van der Waals surface area (Å²) in [6.07, 6.45) is 1.09. The molecule has 0 unspecified atom stereocenters. The van der Waals surface area contributed by atoms with Crippen molar-refractivity contribution in [2.24, 2.45) is 5.92 Å². The van der Waals surface area contributed by atoms with E-state index in [1.54, 1.807) is 0 Å². The average molecular weight is 325 g/mol. The van der Waals surface area contributed by atoms with Crippen LogP contribution >= 0.6 is 0 Å². The molecule has 2 aromatic rings. The summed E-state index contributed by atoms with van der Waals surface area (Å²) in [5.74, 6) is 0.736. The molecule has 1 aliphatic heterocycles. The van der Waals surface area contributed by atoms with Crippen LogP contribution in [0.1, 0.15) is 33.7 Å². The van der Waals surface area contributed by atoms with E-state index in [1.165, 1.54) is 5.56 Å². The van der Waals surface area contributed by atoms with Gasteiger partial charge in [0.15, 0.2) is 0 Å². The minimum Gasteiger partial charge on any atom is -0.338 e. The number of likely N-dealkylation sites (tertiary alicyclic amines) is 1. The molecule has 0 aliphatic carbocycles. The molecule has 0 bridgehead atoms. The molecule has 4 heteroatoms. The Balaban J connectivity index is 1.90. The minimum absolute atomic E-state index is 0.168. The number of para-hydroxylation sites is 1. The second-order valence-corrected chi connectivity index (χ2v) is 6.87. The molecule has 1 aromatic carbocycles. The summed E-state index contributed by atoms with van der Waals surface area (Å²) in [5, 5.41) is 3.22. The van der Waals surface area contributed by atoms with Gasteiger partial charge >= 0.3 is 0 Å². The van der Waals surface area contributed by atoms with Crippen molar-refractivity contribution in [2.45, 2.75) is 27.2 Å². The third-order valence-corrected chi connectivity index (χ3v) is 5.08. The van der Waals surface area contributed by atoms with Crippen LogP contribution in [0, 0.1) is 26.7 Å². The predicted octanol–water partition coefficient (Wildman–Crippen LogP) is 3.08. The van der Waals surface area contributed by atoms with E-state index in [9.17, 15) is 4.79 Å². The van der Waals surface area contributed by atoms with Crippen LogP contribution in [0.2, 0.25) is 0 Å². The molecule has 0 spiro atoms. The Hall–Kier alpha value is -2.07. The van der Waals surface area contributed by atoms with E-state index in [0.29, 0.717) is 5.92 Å². The average Bonchev–Trinajstić information content (AvgIpc) is 3.13. The van der Waals surface area contributed by atoms with E-state index in [2.05, 4.69) is 35.9 Å². The van der Waals surface area contributed by atoms with Gasteiger partial charge in [-0.15, -0.1) is 0 Å². The summed E-state index contributed by atoms with van der Waals surface area (Å²) in [4.78, 5) is 15.0. The predicted molar refractivity (Wildman–Crippen MR) is 97.9 cm³/mol. The molecule has 1 atom stereocenters. The van der Waals surface area contributed by atoms with Crippen molar-refractivity contribution in [3.8, 4) is 5.69 Å². The zero-order valence-electron chi connectivity index (χ0n) is 15.1. The highest BCUT2D eigenvalue weighted by Gasteiger charge is 2.28. The Labute approximate surface area is 144 Å². The van der Waals surface area contributed by atoms with Crippen molar-refractivity contribution in [1.82, 2.24) is 14.8 Å². The Kier molecular flexibility index (Phi) is 4.76. The monoisotopic (exact) mass is 325 g/mol. The summed E-state index contributed by atoms with van der Waals surface area (Å²) in [6, 6.07) is 10.4. The number of hydrogen-bond donors (Lipinski definition) is 1. The minimum atomic E-state index is 0.168. The molecule has 2 heterocycles. The maximum Gasteiger partial charge on any atom is 0.255 e. The van der Waals surface area contributed by atoms with Gasteiger partial charge in [-0.2, -0.15) is 0 Å². The molecule has 0 radical (unpaired) electrons. The van der Waals surface area contributed by atoms with Gasteiger partial charge in [-0.25, -0.2) is 0 Å². The highest BCUT2D eigenvalue weighted by Crippen LogP contribution is 2.26. The quantitative estimate of drug-likeness (QED) is 0.938. The lowest BCUT2D eigenvalue weighted by Gasteiger charge is -2.17. The fraction of sp³-hybridized carbons (Fsp3) is 0.450. The smallest absolute Gasteiger partial charge is 0.255 e. The van der Waals surface area contributed by atoms with Gasteiger partial charge in [0.25, 0.3) is 5.91 Å². The molecule has 24 heavy (non-hydrogen) atoms. The Morgan fingerprint density at radius 3 is 2.71 bits per heavy atom. The normalized spacial score (nSPS) is 17.5. The molecular weight excluding hydrogens is 298 g/mol. The summed E-state index contributed by atoms with van der Waals surface area (Å²) < 4.78 is 2.20. The third kappa shape index (κ3) is 2.98. The van der Waals surface area contributed by atoms with E-state index >= 15 is 0 Å². The first-order valence-electron chi connectivity index (χ1n) is 8.71. The molecule has 1 fully saturated rings. The van der Waals surface area contributed by atoms with Crippen molar-refractivity contribution < 1.29 is 4.79 Å². The molecule has 1 saturated heterocycles. The van der Waals surface area contributed by atoms with Gasteiger partial charge in [-0.05, 0) is 64.4 Å². The fourth-order valence-corrected chi connectivity index (χ4v) is 3.81. The van der Waals surface area contributed by atoms with Crippen molar-refractivity contribution in [1.29, 1.82) is 0 Å². The number of nitrogens with zero attached hydrogens (tertiary/aromatic N) is 2. The number of amides is 1. The molecule has 1 amide bonds. The third-order valence-electron chi connectivity index (χ3n) is 5.08. The lowest BCUT2D eigenvalue weighted by Crippen LogP contribution is -2.30. The summed E-state index contributed by atoms with van der Waals surface area (Å²) >= 11 is 0. The van der Waals surface area contributed by atoms with E-state index in [0.717, 1.165) is 48.7 Å². The molecule has 1 aliphatic rings. The van der Waals surface area contributed by atoms with E-state index < -0.39 is 0 Å². The van der Waals surface area contributed by atoms with Crippen molar-refractivity contribution >= 4 is 5.91 Å². The van der Waals surface area contributed by atoms with E-state index in [-0.39, 0.29) is 5.91 Å². The SMILES string of the molecule is CNC[C@@H]1CCN(C(=O)c2cc(C)n(-c3ccccc3C)c2C)C1. The van der Waals surface area contributed by atoms with Crippen molar-refractivity contribution in [3.63, 3.8) is 0 Å². The summed E-state index contributed by atoms with van der Waals surface area (Å²) in [6.45, 7) is 8.93. The zero-order valence-corrected chi connectivity index (χ0v) is 15.1. The molecule has 1 N–H and O–H groups in total. The van der Waals surface area contributed by atoms with Crippen LogP contribution in [0.3, 0.4) is 0 Å². The summed E-state index contributed by atoms with van der Waals surface area (Å²) in [7, 11) is 1.97. The number of carbonyl (C=O) groups excluding carboxylic acids is 1. The molecule has 4 nitrogen and oxygen atoms in total. The Bertz CT molecular complexity index is 747. The van der Waals surface area contributed by atoms with E-state index in [1.807, 2.05) is 37.1 Å². The second kappa shape index (κ2) is 6.81. The molecule has 3 rings (SSSR count). The Morgan fingerprint density at radius 1 is 1.25 bits per heavy atom. The lowest BCUT2D eigenvalue weighted by atomic mass is 10.1. The fourth-order valence-electron chi connectivity index (χ4n) is 3.81. The van der Waals surface area contributed by atoms with Crippen LogP contribution < -0.4 is 5.32 Å². The largest absolute Gasteiger partial charge is 0.338 e. The van der Waals surface area contributed by atoms with Gasteiger partial charge in [-0.1, -0.05) is 18.2 Å². The maximum absolute atomic E-state index is 13.0. The van der Waals surface area contributed by atoms with Gasteiger partial charge in [-0.3, -0.25) is 4.79 Å². The first-order valence-corrected chi connectivity index (χ1v) is 8.71. The van der Waals surface area contributed by atoms with Crippen LogP contribution in [0.15, 0.2) is 30.3 Å². The van der Waals surface area contributed by atoms with Crippen molar-refractivity contribution in [3.05, 3.63) is 52.8 Å². The van der Waals surface area contributed by atoms with Gasteiger partial charge < -0.3 is 14.8 Å². The highest BCUT2D eigenvalue weighted by atomic mass is 16.2. The number of nitrogens with one attached hydrogen (secondary N) is 1. The number of aromatic nitrogens is 1. The summed E-state index contributed by atoms with van der Waals surface area (Å²) in [5.41, 5.74) is 5.34. The zero-order chi connectivity index (χ0) is 17.3. The van der Waals surface area contributed by atoms with Crippen LogP contribution in [0.4, 0.5) is 0 Å². The second-order valence-electron chi connectivity index (χ2n) is 6.87. The van der Waals surface area contributed by atoms with Gasteiger partial charge in [0, 0.05) is 30.2 Å². The van der Waals surface area contributed by atoms with Crippen LogP contribution in [0.25, 0.3) is 5.69 Å². The number of rotatable bonds is 4. The Morgan fingerprint density at radius 2 is 2.00 bits per heavy atom. The van der Waals surface area contributed by atoms with Gasteiger partial charge in [0.1, 0.15) is 0 Å². The highest BCUT2D eigenvalue weighted by molar-refractivity contribution is 5.96. The number of benzene rings is 1. The maximum atomic E-state index is 13.0. The molecule has 128 valence electrons. The standard InChI is InChI=1S/C20H27N3O/c1-14-7-5-6-8-19(14)23-15(2)11-18(16(23)3)20(24)22-10-9-17(13-22)12-21-4/h5-8,11,17,21H,9-10,12-13H2,1-4H3/t17-/m0/s1. The van der Waals surface area contributed by atoms with Gasteiger partial charge in [0.2, 0.25) is 0 Å². The van der Waals surface area contributed by atoms with Gasteiger partial charge in [0.05, 0.1) is 5.56 Å².